The maximum Gasteiger partial charge on any atom is 0.261 e. The van der Waals surface area contributed by atoms with E-state index in [-0.39, 0.29) is 11.3 Å². The third kappa shape index (κ3) is 6.31. The number of carbonyl (C=O) groups is 1. The summed E-state index contributed by atoms with van der Waals surface area (Å²) >= 11 is 0. The zero-order chi connectivity index (χ0) is 19.9. The smallest absolute Gasteiger partial charge is 0.261 e. The molecule has 2 aromatic carbocycles. The van der Waals surface area contributed by atoms with Crippen LogP contribution in [0.4, 0.5) is 0 Å². The van der Waals surface area contributed by atoms with E-state index >= 15 is 0 Å². The maximum atomic E-state index is 12.4. The fourth-order valence-electron chi connectivity index (χ4n) is 2.67. The van der Waals surface area contributed by atoms with Gasteiger partial charge in [0.1, 0.15) is 18.1 Å². The van der Waals surface area contributed by atoms with Crippen molar-refractivity contribution in [3.63, 3.8) is 0 Å². The second-order valence-corrected chi connectivity index (χ2v) is 7.69. The van der Waals surface area contributed by atoms with Gasteiger partial charge < -0.3 is 14.8 Å². The number of benzene rings is 2. The number of hydrogen-bond donors (Lipinski definition) is 1. The number of amides is 1. The van der Waals surface area contributed by atoms with Crippen LogP contribution in [0.5, 0.6) is 11.5 Å². The van der Waals surface area contributed by atoms with E-state index in [2.05, 4.69) is 38.2 Å². The SMILES string of the molecule is CC[C@@H](Oc1ccccc1C)C(=O)NCCOc1ccc(C(C)(C)C)cc1. The molecular weight excluding hydrogens is 338 g/mol. The summed E-state index contributed by atoms with van der Waals surface area (Å²) in [6, 6.07) is 15.8. The number of nitrogens with one attached hydrogen (secondary N) is 1. The first-order valence-electron chi connectivity index (χ1n) is 9.54. The predicted octanol–water partition coefficient (Wildman–Crippen LogP) is 4.65. The number of hydrogen-bond acceptors (Lipinski definition) is 3. The lowest BCUT2D eigenvalue weighted by Gasteiger charge is -2.19. The Kier molecular flexibility index (Phi) is 7.28. The Balaban J connectivity index is 1.78. The van der Waals surface area contributed by atoms with Crippen LogP contribution in [0.1, 0.15) is 45.2 Å². The van der Waals surface area contributed by atoms with Crippen molar-refractivity contribution >= 4 is 5.91 Å². The molecule has 0 saturated carbocycles. The second-order valence-electron chi connectivity index (χ2n) is 7.69. The van der Waals surface area contributed by atoms with Crippen molar-refractivity contribution in [2.75, 3.05) is 13.2 Å². The van der Waals surface area contributed by atoms with Gasteiger partial charge in [-0.2, -0.15) is 0 Å². The van der Waals surface area contributed by atoms with Crippen LogP contribution in [0.25, 0.3) is 0 Å². The first-order chi connectivity index (χ1) is 12.8. The molecule has 146 valence electrons. The van der Waals surface area contributed by atoms with Gasteiger partial charge in [-0.25, -0.2) is 0 Å². The van der Waals surface area contributed by atoms with Crippen LogP contribution < -0.4 is 14.8 Å². The lowest BCUT2D eigenvalue weighted by atomic mass is 9.87. The second kappa shape index (κ2) is 9.45. The van der Waals surface area contributed by atoms with Crippen LogP contribution >= 0.6 is 0 Å². The Labute approximate surface area is 162 Å². The highest BCUT2D eigenvalue weighted by atomic mass is 16.5. The molecule has 0 saturated heterocycles. The molecule has 0 spiro atoms. The van der Waals surface area contributed by atoms with Crippen molar-refractivity contribution < 1.29 is 14.3 Å². The van der Waals surface area contributed by atoms with E-state index in [4.69, 9.17) is 9.47 Å². The van der Waals surface area contributed by atoms with E-state index < -0.39 is 6.10 Å². The average Bonchev–Trinajstić information content (AvgIpc) is 2.64. The number of rotatable bonds is 8. The molecular formula is C23H31NO3. The van der Waals surface area contributed by atoms with Gasteiger partial charge in [0, 0.05) is 0 Å². The largest absolute Gasteiger partial charge is 0.492 e. The monoisotopic (exact) mass is 369 g/mol. The molecule has 0 fully saturated rings. The summed E-state index contributed by atoms with van der Waals surface area (Å²) in [5.41, 5.74) is 2.41. The molecule has 0 aromatic heterocycles. The van der Waals surface area contributed by atoms with E-state index in [0.29, 0.717) is 19.6 Å². The highest BCUT2D eigenvalue weighted by Crippen LogP contribution is 2.24. The van der Waals surface area contributed by atoms with E-state index in [9.17, 15) is 4.79 Å². The van der Waals surface area contributed by atoms with Gasteiger partial charge in [0.2, 0.25) is 0 Å². The minimum absolute atomic E-state index is 0.118. The number of aryl methyl sites for hydroxylation is 1. The summed E-state index contributed by atoms with van der Waals surface area (Å²) in [5.74, 6) is 1.43. The quantitative estimate of drug-likeness (QED) is 0.689. The molecule has 1 atom stereocenters. The standard InChI is InChI=1S/C23H31NO3/c1-6-20(27-21-10-8-7-9-17(21)2)22(25)24-15-16-26-19-13-11-18(12-14-19)23(3,4)5/h7-14,20H,6,15-16H2,1-5H3,(H,24,25)/t20-/m1/s1. The van der Waals surface area contributed by atoms with Gasteiger partial charge in [0.05, 0.1) is 6.54 Å². The summed E-state index contributed by atoms with van der Waals surface area (Å²) in [4.78, 5) is 12.4. The lowest BCUT2D eigenvalue weighted by molar-refractivity contribution is -0.128. The number of para-hydroxylation sites is 1. The normalized spacial score (nSPS) is 12.3. The number of carbonyl (C=O) groups excluding carboxylic acids is 1. The van der Waals surface area contributed by atoms with Gasteiger partial charge in [-0.05, 0) is 48.1 Å². The topological polar surface area (TPSA) is 47.6 Å². The van der Waals surface area contributed by atoms with Crippen molar-refractivity contribution in [3.05, 3.63) is 59.7 Å². The van der Waals surface area contributed by atoms with E-state index in [0.717, 1.165) is 17.1 Å². The minimum Gasteiger partial charge on any atom is -0.492 e. The van der Waals surface area contributed by atoms with Crippen molar-refractivity contribution in [3.8, 4) is 11.5 Å². The van der Waals surface area contributed by atoms with Crippen LogP contribution in [-0.4, -0.2) is 25.2 Å². The molecule has 0 unspecified atom stereocenters. The van der Waals surface area contributed by atoms with Crippen molar-refractivity contribution in [1.29, 1.82) is 0 Å². The molecule has 0 aliphatic heterocycles. The van der Waals surface area contributed by atoms with Gasteiger partial charge in [0.15, 0.2) is 6.10 Å². The summed E-state index contributed by atoms with van der Waals surface area (Å²) in [7, 11) is 0. The molecule has 0 heterocycles. The third-order valence-corrected chi connectivity index (χ3v) is 4.42. The van der Waals surface area contributed by atoms with E-state index in [1.54, 1.807) is 0 Å². The Morgan fingerprint density at radius 2 is 1.74 bits per heavy atom. The van der Waals surface area contributed by atoms with Crippen molar-refractivity contribution in [2.24, 2.45) is 0 Å². The Morgan fingerprint density at radius 3 is 2.33 bits per heavy atom. The molecule has 27 heavy (non-hydrogen) atoms. The van der Waals surface area contributed by atoms with Crippen LogP contribution in [0.2, 0.25) is 0 Å². The first-order valence-corrected chi connectivity index (χ1v) is 9.54. The first kappa shape index (κ1) is 20.8. The molecule has 4 nitrogen and oxygen atoms in total. The Hall–Kier alpha value is -2.49. The molecule has 1 N–H and O–H groups in total. The van der Waals surface area contributed by atoms with E-state index in [1.807, 2.05) is 50.2 Å². The van der Waals surface area contributed by atoms with Crippen LogP contribution in [0.3, 0.4) is 0 Å². The Morgan fingerprint density at radius 1 is 1.07 bits per heavy atom. The van der Waals surface area contributed by atoms with Gasteiger partial charge >= 0.3 is 0 Å². The van der Waals surface area contributed by atoms with Gasteiger partial charge in [-0.15, -0.1) is 0 Å². The van der Waals surface area contributed by atoms with Gasteiger partial charge in [0.25, 0.3) is 5.91 Å². The third-order valence-electron chi connectivity index (χ3n) is 4.42. The van der Waals surface area contributed by atoms with Crippen LogP contribution in [-0.2, 0) is 10.2 Å². The molecule has 2 aromatic rings. The molecule has 2 rings (SSSR count). The fraction of sp³-hybridized carbons (Fsp3) is 0.435. The summed E-state index contributed by atoms with van der Waals surface area (Å²) in [6.07, 6.45) is 0.104. The molecule has 0 aliphatic rings. The molecule has 0 radical (unpaired) electrons. The van der Waals surface area contributed by atoms with Crippen LogP contribution in [0.15, 0.2) is 48.5 Å². The Bertz CT molecular complexity index is 732. The predicted molar refractivity (Wildman–Crippen MR) is 110 cm³/mol. The molecule has 4 heteroatoms. The highest BCUT2D eigenvalue weighted by Gasteiger charge is 2.18. The van der Waals surface area contributed by atoms with Crippen molar-refractivity contribution in [1.82, 2.24) is 5.32 Å². The highest BCUT2D eigenvalue weighted by molar-refractivity contribution is 5.81. The summed E-state index contributed by atoms with van der Waals surface area (Å²) < 4.78 is 11.6. The summed E-state index contributed by atoms with van der Waals surface area (Å²) in [5, 5.41) is 2.89. The van der Waals surface area contributed by atoms with Crippen LogP contribution in [0, 0.1) is 6.92 Å². The average molecular weight is 370 g/mol. The lowest BCUT2D eigenvalue weighted by Crippen LogP contribution is -2.39. The maximum absolute atomic E-state index is 12.4. The zero-order valence-electron chi connectivity index (χ0n) is 17.0. The summed E-state index contributed by atoms with van der Waals surface area (Å²) in [6.45, 7) is 11.3. The number of ether oxygens (including phenoxy) is 2. The molecule has 0 aliphatic carbocycles. The van der Waals surface area contributed by atoms with E-state index in [1.165, 1.54) is 5.56 Å². The van der Waals surface area contributed by atoms with Gasteiger partial charge in [-0.1, -0.05) is 58.0 Å². The molecule has 0 bridgehead atoms. The molecule has 1 amide bonds. The minimum atomic E-state index is -0.503. The zero-order valence-corrected chi connectivity index (χ0v) is 17.0. The van der Waals surface area contributed by atoms with Gasteiger partial charge in [-0.3, -0.25) is 4.79 Å². The fourth-order valence-corrected chi connectivity index (χ4v) is 2.67. The van der Waals surface area contributed by atoms with Crippen molar-refractivity contribution in [2.45, 2.75) is 52.6 Å².